The van der Waals surface area contributed by atoms with Crippen molar-refractivity contribution in [2.45, 2.75) is 34.3 Å². The molecule has 0 N–H and O–H groups in total. The van der Waals surface area contributed by atoms with E-state index in [0.29, 0.717) is 11.6 Å². The average Bonchev–Trinajstić information content (AvgIpc) is 3.06. The summed E-state index contributed by atoms with van der Waals surface area (Å²) in [5.41, 5.74) is 4.45. The maximum absolute atomic E-state index is 12.0. The molecule has 0 saturated carbocycles. The third-order valence-corrected chi connectivity index (χ3v) is 3.65. The van der Waals surface area contributed by atoms with E-state index >= 15 is 0 Å². The monoisotopic (exact) mass is 325 g/mol. The Morgan fingerprint density at radius 3 is 2.42 bits per heavy atom. The lowest BCUT2D eigenvalue weighted by Gasteiger charge is -2.07. The largest absolute Gasteiger partial charge is 0.455 e. The van der Waals surface area contributed by atoms with Crippen LogP contribution in [-0.2, 0) is 11.3 Å². The highest BCUT2D eigenvalue weighted by atomic mass is 16.5. The topological polar surface area (TPSA) is 70.2 Å². The van der Waals surface area contributed by atoms with Gasteiger partial charge in [0, 0.05) is 12.6 Å². The highest BCUT2D eigenvalue weighted by Crippen LogP contribution is 2.15. The first-order valence-electron chi connectivity index (χ1n) is 7.68. The summed E-state index contributed by atoms with van der Waals surface area (Å²) in [5.74, 6) is 0.108. The van der Waals surface area contributed by atoms with Gasteiger partial charge in [0.2, 0.25) is 5.76 Å². The zero-order valence-electron chi connectivity index (χ0n) is 14.2. The van der Waals surface area contributed by atoms with Gasteiger partial charge in [0.25, 0.3) is 0 Å². The van der Waals surface area contributed by atoms with Gasteiger partial charge >= 0.3 is 5.97 Å². The molecule has 2 heterocycles. The third kappa shape index (κ3) is 3.22. The summed E-state index contributed by atoms with van der Waals surface area (Å²) in [5, 5.41) is 4.45. The molecule has 6 nitrogen and oxygen atoms in total. The number of aromatic nitrogens is 3. The Kier molecular flexibility index (Phi) is 4.20. The third-order valence-electron chi connectivity index (χ3n) is 3.65. The summed E-state index contributed by atoms with van der Waals surface area (Å²) < 4.78 is 12.4. The van der Waals surface area contributed by atoms with Crippen LogP contribution in [0.5, 0.6) is 0 Å². The number of ether oxygens (including phenoxy) is 1. The molecule has 0 aliphatic carbocycles. The van der Waals surface area contributed by atoms with Gasteiger partial charge in [-0.05, 0) is 44.5 Å². The fraction of sp³-hybridized carbons (Fsp3) is 0.278. The number of benzene rings is 1. The molecule has 0 radical (unpaired) electrons. The average molecular weight is 325 g/mol. The Labute approximate surface area is 140 Å². The lowest BCUT2D eigenvalue weighted by atomic mass is 10.2. The second-order valence-electron chi connectivity index (χ2n) is 5.73. The molecule has 0 saturated heterocycles. The molecular weight excluding hydrogens is 306 g/mol. The van der Waals surface area contributed by atoms with E-state index in [1.807, 2.05) is 48.9 Å². The normalized spacial score (nSPS) is 10.8. The van der Waals surface area contributed by atoms with Crippen LogP contribution < -0.4 is 0 Å². The molecule has 3 aromatic rings. The van der Waals surface area contributed by atoms with Gasteiger partial charge in [0.1, 0.15) is 6.61 Å². The van der Waals surface area contributed by atoms with E-state index in [-0.39, 0.29) is 12.4 Å². The van der Waals surface area contributed by atoms with Gasteiger partial charge < -0.3 is 9.15 Å². The van der Waals surface area contributed by atoms with E-state index in [1.54, 1.807) is 13.8 Å². The number of carbonyl (C=O) groups excluding carboxylic acids is 1. The number of hydrogen-bond acceptors (Lipinski definition) is 5. The SMILES string of the molecule is Cc1cc(C)n(-c2ccc(COC(=O)c3oc(C)nc3C)cc2)n1. The number of rotatable bonds is 4. The maximum atomic E-state index is 12.0. The van der Waals surface area contributed by atoms with Crippen molar-refractivity contribution in [3.05, 3.63) is 64.6 Å². The van der Waals surface area contributed by atoms with Crippen LogP contribution in [0.4, 0.5) is 0 Å². The molecule has 0 fully saturated rings. The van der Waals surface area contributed by atoms with Gasteiger partial charge in [-0.2, -0.15) is 5.10 Å². The van der Waals surface area contributed by atoms with Crippen molar-refractivity contribution in [3.8, 4) is 5.69 Å². The van der Waals surface area contributed by atoms with Crippen molar-refractivity contribution >= 4 is 5.97 Å². The van der Waals surface area contributed by atoms with Gasteiger partial charge in [-0.25, -0.2) is 14.5 Å². The first kappa shape index (κ1) is 16.0. The number of oxazole rings is 1. The van der Waals surface area contributed by atoms with Crippen molar-refractivity contribution in [2.75, 3.05) is 0 Å². The Morgan fingerprint density at radius 1 is 1.17 bits per heavy atom. The fourth-order valence-electron chi connectivity index (χ4n) is 2.56. The molecule has 2 aromatic heterocycles. The summed E-state index contributed by atoms with van der Waals surface area (Å²) in [6.45, 7) is 7.56. The summed E-state index contributed by atoms with van der Waals surface area (Å²) in [6, 6.07) is 9.76. The highest BCUT2D eigenvalue weighted by molar-refractivity contribution is 5.87. The quantitative estimate of drug-likeness (QED) is 0.687. The van der Waals surface area contributed by atoms with Crippen LogP contribution in [-0.4, -0.2) is 20.7 Å². The minimum Gasteiger partial charge on any atom is -0.455 e. The first-order chi connectivity index (χ1) is 11.4. The minimum absolute atomic E-state index is 0.159. The molecule has 0 amide bonds. The predicted molar refractivity (Wildman–Crippen MR) is 88.1 cm³/mol. The molecule has 0 aliphatic heterocycles. The second-order valence-corrected chi connectivity index (χ2v) is 5.73. The lowest BCUT2D eigenvalue weighted by Crippen LogP contribution is -2.06. The van der Waals surface area contributed by atoms with Crippen LogP contribution in [0.1, 0.15) is 39.1 Å². The summed E-state index contributed by atoms with van der Waals surface area (Å²) in [4.78, 5) is 16.1. The number of nitrogens with zero attached hydrogens (tertiary/aromatic N) is 3. The molecule has 0 aliphatic rings. The number of aryl methyl sites for hydroxylation is 4. The minimum atomic E-state index is -0.504. The maximum Gasteiger partial charge on any atom is 0.376 e. The molecule has 3 rings (SSSR count). The van der Waals surface area contributed by atoms with Gasteiger partial charge in [-0.1, -0.05) is 12.1 Å². The van der Waals surface area contributed by atoms with Crippen LogP contribution in [0.25, 0.3) is 5.69 Å². The predicted octanol–water partition coefficient (Wildman–Crippen LogP) is 3.45. The smallest absolute Gasteiger partial charge is 0.376 e. The zero-order chi connectivity index (χ0) is 17.3. The van der Waals surface area contributed by atoms with Gasteiger partial charge in [0.15, 0.2) is 5.89 Å². The number of hydrogen-bond donors (Lipinski definition) is 0. The zero-order valence-corrected chi connectivity index (χ0v) is 14.2. The van der Waals surface area contributed by atoms with Gasteiger partial charge in [0.05, 0.1) is 17.1 Å². The second kappa shape index (κ2) is 6.31. The Balaban J connectivity index is 1.67. The van der Waals surface area contributed by atoms with Crippen LogP contribution in [0.2, 0.25) is 0 Å². The first-order valence-corrected chi connectivity index (χ1v) is 7.68. The van der Waals surface area contributed by atoms with E-state index in [1.165, 1.54) is 0 Å². The molecule has 0 bridgehead atoms. The fourth-order valence-corrected chi connectivity index (χ4v) is 2.56. The molecule has 1 aromatic carbocycles. The standard InChI is InChI=1S/C18H19N3O3/c1-11-9-12(2)21(20-11)16-7-5-15(6-8-16)10-23-18(22)17-13(3)19-14(4)24-17/h5-9H,10H2,1-4H3. The van der Waals surface area contributed by atoms with Gasteiger partial charge in [-0.15, -0.1) is 0 Å². The van der Waals surface area contributed by atoms with Crippen molar-refractivity contribution in [1.82, 2.24) is 14.8 Å². The van der Waals surface area contributed by atoms with Crippen LogP contribution in [0.3, 0.4) is 0 Å². The van der Waals surface area contributed by atoms with E-state index in [4.69, 9.17) is 9.15 Å². The highest BCUT2D eigenvalue weighted by Gasteiger charge is 2.17. The summed E-state index contributed by atoms with van der Waals surface area (Å²) in [6.07, 6.45) is 0. The molecule has 24 heavy (non-hydrogen) atoms. The van der Waals surface area contributed by atoms with Crippen molar-refractivity contribution < 1.29 is 13.9 Å². The van der Waals surface area contributed by atoms with E-state index < -0.39 is 5.97 Å². The Hall–Kier alpha value is -2.89. The summed E-state index contributed by atoms with van der Waals surface area (Å²) >= 11 is 0. The van der Waals surface area contributed by atoms with Crippen molar-refractivity contribution in [2.24, 2.45) is 0 Å². The number of esters is 1. The number of carbonyl (C=O) groups is 1. The van der Waals surface area contributed by atoms with Crippen molar-refractivity contribution in [3.63, 3.8) is 0 Å². The Bertz CT molecular complexity index is 876. The molecular formula is C18H19N3O3. The molecule has 0 unspecified atom stereocenters. The molecule has 0 atom stereocenters. The van der Waals surface area contributed by atoms with Crippen LogP contribution >= 0.6 is 0 Å². The van der Waals surface area contributed by atoms with Gasteiger partial charge in [-0.3, -0.25) is 0 Å². The molecule has 6 heteroatoms. The van der Waals surface area contributed by atoms with Crippen LogP contribution in [0.15, 0.2) is 34.7 Å². The van der Waals surface area contributed by atoms with Crippen molar-refractivity contribution in [1.29, 1.82) is 0 Å². The molecule has 124 valence electrons. The van der Waals surface area contributed by atoms with E-state index in [0.717, 1.165) is 22.6 Å². The van der Waals surface area contributed by atoms with Crippen LogP contribution in [0, 0.1) is 27.7 Å². The Morgan fingerprint density at radius 2 is 1.88 bits per heavy atom. The van der Waals surface area contributed by atoms with E-state index in [9.17, 15) is 4.79 Å². The summed E-state index contributed by atoms with van der Waals surface area (Å²) in [7, 11) is 0. The van der Waals surface area contributed by atoms with E-state index in [2.05, 4.69) is 10.1 Å². The molecule has 0 spiro atoms. The lowest BCUT2D eigenvalue weighted by molar-refractivity contribution is 0.0433.